The molecule has 0 atom stereocenters. The minimum absolute atomic E-state index is 0.0762. The molecule has 0 unspecified atom stereocenters. The van der Waals surface area contributed by atoms with Gasteiger partial charge in [-0.05, 0) is 24.6 Å². The van der Waals surface area contributed by atoms with Gasteiger partial charge in [-0.3, -0.25) is 4.79 Å². The second-order valence-corrected chi connectivity index (χ2v) is 6.21. The maximum absolute atomic E-state index is 11.5. The van der Waals surface area contributed by atoms with E-state index in [-0.39, 0.29) is 31.2 Å². The van der Waals surface area contributed by atoms with Crippen molar-refractivity contribution >= 4 is 15.9 Å². The molecule has 6 heteroatoms. The van der Waals surface area contributed by atoms with Crippen LogP contribution in [0.25, 0.3) is 0 Å². The van der Waals surface area contributed by atoms with Gasteiger partial charge in [0.25, 0.3) is 0 Å². The van der Waals surface area contributed by atoms with Gasteiger partial charge in [-0.1, -0.05) is 12.1 Å². The average molecular weight is 269 g/mol. The van der Waals surface area contributed by atoms with Gasteiger partial charge in [0.05, 0.1) is 12.3 Å². The first-order chi connectivity index (χ1) is 8.49. The number of sulfonamides is 1. The Balaban J connectivity index is 1.91. The lowest BCUT2D eigenvalue weighted by molar-refractivity contribution is -0.125. The van der Waals surface area contributed by atoms with Crippen LogP contribution in [-0.4, -0.2) is 37.5 Å². The molecule has 0 spiro atoms. The van der Waals surface area contributed by atoms with E-state index in [9.17, 15) is 13.2 Å². The first-order valence-electron chi connectivity index (χ1n) is 5.72. The van der Waals surface area contributed by atoms with Crippen LogP contribution >= 0.6 is 0 Å². The Labute approximate surface area is 106 Å². The highest BCUT2D eigenvalue weighted by molar-refractivity contribution is 7.90. The lowest BCUT2D eigenvalue weighted by Crippen LogP contribution is -2.33. The molecule has 0 bridgehead atoms. The zero-order valence-electron chi connectivity index (χ0n) is 10.1. The Hall–Kier alpha value is -1.56. The SMILES string of the molecule is Cc1cccc(OCCN2C(=O)CCS2(=O)=O)c1. The van der Waals surface area contributed by atoms with E-state index in [1.807, 2.05) is 25.1 Å². The van der Waals surface area contributed by atoms with Crippen molar-refractivity contribution in [3.63, 3.8) is 0 Å². The molecule has 5 nitrogen and oxygen atoms in total. The molecule has 1 aliphatic rings. The summed E-state index contributed by atoms with van der Waals surface area (Å²) in [6.07, 6.45) is 0.0762. The highest BCUT2D eigenvalue weighted by Gasteiger charge is 2.34. The highest BCUT2D eigenvalue weighted by Crippen LogP contribution is 2.16. The minimum atomic E-state index is -3.40. The third kappa shape index (κ3) is 2.81. The van der Waals surface area contributed by atoms with Crippen molar-refractivity contribution in [2.45, 2.75) is 13.3 Å². The van der Waals surface area contributed by atoms with E-state index in [1.165, 1.54) is 0 Å². The van der Waals surface area contributed by atoms with Crippen LogP contribution in [0.15, 0.2) is 24.3 Å². The van der Waals surface area contributed by atoms with Crippen molar-refractivity contribution in [1.29, 1.82) is 0 Å². The van der Waals surface area contributed by atoms with Crippen LogP contribution in [0, 0.1) is 6.92 Å². The minimum Gasteiger partial charge on any atom is -0.492 e. The summed E-state index contributed by atoms with van der Waals surface area (Å²) in [5.41, 5.74) is 1.07. The van der Waals surface area contributed by atoms with E-state index in [2.05, 4.69) is 0 Å². The molecular weight excluding hydrogens is 254 g/mol. The summed E-state index contributed by atoms with van der Waals surface area (Å²) in [5.74, 6) is 0.248. The molecule has 1 aromatic carbocycles. The van der Waals surface area contributed by atoms with Gasteiger partial charge in [0.2, 0.25) is 15.9 Å². The number of rotatable bonds is 4. The topological polar surface area (TPSA) is 63.7 Å². The Morgan fingerprint density at radius 2 is 2.17 bits per heavy atom. The summed E-state index contributed by atoms with van der Waals surface area (Å²) < 4.78 is 29.4. The van der Waals surface area contributed by atoms with Gasteiger partial charge in [-0.25, -0.2) is 12.7 Å². The fraction of sp³-hybridized carbons (Fsp3) is 0.417. The zero-order valence-corrected chi connectivity index (χ0v) is 10.9. The summed E-state index contributed by atoms with van der Waals surface area (Å²) >= 11 is 0. The fourth-order valence-corrected chi connectivity index (χ4v) is 3.23. The van der Waals surface area contributed by atoms with Crippen LogP contribution in [0.3, 0.4) is 0 Å². The average Bonchev–Trinajstić information content (AvgIpc) is 2.56. The third-order valence-corrected chi connectivity index (χ3v) is 4.52. The zero-order chi connectivity index (χ0) is 13.2. The predicted molar refractivity (Wildman–Crippen MR) is 66.8 cm³/mol. The van der Waals surface area contributed by atoms with Crippen molar-refractivity contribution in [1.82, 2.24) is 4.31 Å². The summed E-state index contributed by atoms with van der Waals surface area (Å²) in [7, 11) is -3.40. The summed E-state index contributed by atoms with van der Waals surface area (Å²) in [6.45, 7) is 2.20. The Morgan fingerprint density at radius 3 is 2.78 bits per heavy atom. The molecule has 1 fully saturated rings. The quantitative estimate of drug-likeness (QED) is 0.816. The number of aryl methyl sites for hydroxylation is 1. The van der Waals surface area contributed by atoms with Crippen molar-refractivity contribution in [3.05, 3.63) is 29.8 Å². The monoisotopic (exact) mass is 269 g/mol. The van der Waals surface area contributed by atoms with Crippen molar-refractivity contribution in [2.24, 2.45) is 0 Å². The Morgan fingerprint density at radius 1 is 1.39 bits per heavy atom. The molecule has 0 radical (unpaired) electrons. The number of hydrogen-bond acceptors (Lipinski definition) is 4. The van der Waals surface area contributed by atoms with Crippen molar-refractivity contribution in [2.75, 3.05) is 18.9 Å². The molecule has 0 saturated carbocycles. The highest BCUT2D eigenvalue weighted by atomic mass is 32.2. The number of hydrogen-bond donors (Lipinski definition) is 0. The van der Waals surface area contributed by atoms with E-state index in [1.54, 1.807) is 6.07 Å². The van der Waals surface area contributed by atoms with E-state index in [0.717, 1.165) is 9.87 Å². The van der Waals surface area contributed by atoms with Gasteiger partial charge in [0, 0.05) is 6.42 Å². The molecule has 18 heavy (non-hydrogen) atoms. The van der Waals surface area contributed by atoms with Crippen LogP contribution in [0.1, 0.15) is 12.0 Å². The van der Waals surface area contributed by atoms with Gasteiger partial charge >= 0.3 is 0 Å². The molecule has 0 aliphatic carbocycles. The fourth-order valence-electron chi connectivity index (χ4n) is 1.82. The number of amides is 1. The van der Waals surface area contributed by atoms with E-state index >= 15 is 0 Å². The Bertz CT molecular complexity index is 553. The van der Waals surface area contributed by atoms with E-state index in [0.29, 0.717) is 5.75 Å². The number of nitrogens with zero attached hydrogens (tertiary/aromatic N) is 1. The maximum Gasteiger partial charge on any atom is 0.237 e. The first-order valence-corrected chi connectivity index (χ1v) is 7.33. The third-order valence-electron chi connectivity index (χ3n) is 2.74. The molecule has 1 saturated heterocycles. The predicted octanol–water partition coefficient (Wildman–Crippen LogP) is 0.936. The number of benzene rings is 1. The Kier molecular flexibility index (Phi) is 3.56. The number of ether oxygens (including phenoxy) is 1. The van der Waals surface area contributed by atoms with Crippen LogP contribution in [0.4, 0.5) is 0 Å². The molecule has 1 amide bonds. The van der Waals surface area contributed by atoms with Crippen molar-refractivity contribution < 1.29 is 17.9 Å². The summed E-state index contributed by atoms with van der Waals surface area (Å²) in [4.78, 5) is 11.4. The lowest BCUT2D eigenvalue weighted by atomic mass is 10.2. The van der Waals surface area contributed by atoms with Gasteiger partial charge in [-0.15, -0.1) is 0 Å². The van der Waals surface area contributed by atoms with Gasteiger partial charge in [0.15, 0.2) is 0 Å². The van der Waals surface area contributed by atoms with E-state index < -0.39 is 10.0 Å². The first kappa shape index (κ1) is 12.9. The molecular formula is C12H15NO4S. The molecule has 1 heterocycles. The van der Waals surface area contributed by atoms with Crippen LogP contribution in [-0.2, 0) is 14.8 Å². The largest absolute Gasteiger partial charge is 0.492 e. The molecule has 98 valence electrons. The van der Waals surface area contributed by atoms with Gasteiger partial charge < -0.3 is 4.74 Å². The molecule has 1 aliphatic heterocycles. The van der Waals surface area contributed by atoms with Gasteiger partial charge in [-0.2, -0.15) is 0 Å². The van der Waals surface area contributed by atoms with Gasteiger partial charge in [0.1, 0.15) is 12.4 Å². The standard InChI is InChI=1S/C12H15NO4S/c1-10-3-2-4-11(9-10)17-7-6-13-12(14)5-8-18(13,15)16/h2-4,9H,5-8H2,1H3. The molecule has 0 aromatic heterocycles. The van der Waals surface area contributed by atoms with Crippen LogP contribution < -0.4 is 4.74 Å². The van der Waals surface area contributed by atoms with Crippen LogP contribution in [0.5, 0.6) is 5.75 Å². The van der Waals surface area contributed by atoms with Crippen molar-refractivity contribution in [3.8, 4) is 5.75 Å². The molecule has 2 rings (SSSR count). The summed E-state index contributed by atoms with van der Waals surface area (Å²) in [5, 5.41) is 0. The molecule has 0 N–H and O–H groups in total. The number of carbonyl (C=O) groups is 1. The normalized spacial score (nSPS) is 18.1. The smallest absolute Gasteiger partial charge is 0.237 e. The van der Waals surface area contributed by atoms with E-state index in [4.69, 9.17) is 4.74 Å². The second-order valence-electron chi connectivity index (χ2n) is 4.20. The van der Waals surface area contributed by atoms with Crippen LogP contribution in [0.2, 0.25) is 0 Å². The molecule has 1 aromatic rings. The maximum atomic E-state index is 11.5. The number of carbonyl (C=O) groups excluding carboxylic acids is 1. The second kappa shape index (κ2) is 4.97. The lowest BCUT2D eigenvalue weighted by Gasteiger charge is -2.15. The summed E-state index contributed by atoms with van der Waals surface area (Å²) in [6, 6.07) is 7.47.